The van der Waals surface area contributed by atoms with Crippen LogP contribution in [0.2, 0.25) is 0 Å². The van der Waals surface area contributed by atoms with E-state index in [-0.39, 0.29) is 12.4 Å². The van der Waals surface area contributed by atoms with Gasteiger partial charge in [0.15, 0.2) is 0 Å². The highest BCUT2D eigenvalue weighted by Gasteiger charge is 2.17. The van der Waals surface area contributed by atoms with Gasteiger partial charge in [0.2, 0.25) is 0 Å². The van der Waals surface area contributed by atoms with Gasteiger partial charge in [-0.05, 0) is 56.3 Å². The molecule has 2 aromatic carbocycles. The minimum atomic E-state index is 0. The molecule has 0 aromatic heterocycles. The number of hydrogen-bond donors (Lipinski definition) is 0. The Morgan fingerprint density at radius 1 is 1.08 bits per heavy atom. The van der Waals surface area contributed by atoms with Crippen molar-refractivity contribution in [2.75, 3.05) is 27.7 Å². The maximum Gasteiger partial charge on any atom is 0.119 e. The highest BCUT2D eigenvalue weighted by atomic mass is 35.5. The van der Waals surface area contributed by atoms with Gasteiger partial charge >= 0.3 is 0 Å². The van der Waals surface area contributed by atoms with Crippen molar-refractivity contribution in [1.82, 2.24) is 4.90 Å². The Hall–Kier alpha value is -1.77. The van der Waals surface area contributed by atoms with Crippen molar-refractivity contribution >= 4 is 18.0 Å². The number of benzene rings is 2. The number of hydrogen-bond acceptors (Lipinski definition) is 2. The standard InChI is InChI=1S/C21H27NO.ClH/c1-5-21(18-12-9-13-20(15-18)23-4)19(16-22(2)3)14-17-10-7-6-8-11-17;/h5-13,15,19H,14,16H2,1-4H3;1H/b21-5+;/t19-;/m1./s1. The van der Waals surface area contributed by atoms with Crippen LogP contribution in [-0.2, 0) is 6.42 Å². The summed E-state index contributed by atoms with van der Waals surface area (Å²) in [4.78, 5) is 2.26. The Morgan fingerprint density at radius 2 is 1.79 bits per heavy atom. The molecule has 0 bridgehead atoms. The highest BCUT2D eigenvalue weighted by Crippen LogP contribution is 2.29. The highest BCUT2D eigenvalue weighted by molar-refractivity contribution is 5.85. The van der Waals surface area contributed by atoms with Crippen LogP contribution in [0.25, 0.3) is 5.57 Å². The molecule has 130 valence electrons. The Kier molecular flexibility index (Phi) is 8.59. The number of nitrogens with zero attached hydrogens (tertiary/aromatic N) is 1. The zero-order valence-electron chi connectivity index (χ0n) is 15.0. The van der Waals surface area contributed by atoms with Crippen molar-refractivity contribution in [1.29, 1.82) is 0 Å². The van der Waals surface area contributed by atoms with Crippen LogP contribution in [0.15, 0.2) is 60.7 Å². The first-order valence-electron chi connectivity index (χ1n) is 8.13. The van der Waals surface area contributed by atoms with Gasteiger partial charge in [0.25, 0.3) is 0 Å². The van der Waals surface area contributed by atoms with Crippen LogP contribution in [0, 0.1) is 5.92 Å². The van der Waals surface area contributed by atoms with E-state index in [1.807, 2.05) is 6.07 Å². The second kappa shape index (κ2) is 10.2. The molecule has 2 rings (SSSR count). The van der Waals surface area contributed by atoms with Gasteiger partial charge in [-0.3, -0.25) is 0 Å². The Balaban J connectivity index is 0.00000288. The Bertz CT molecular complexity index is 637. The van der Waals surface area contributed by atoms with Crippen molar-refractivity contribution in [2.45, 2.75) is 13.3 Å². The van der Waals surface area contributed by atoms with Crippen LogP contribution in [-0.4, -0.2) is 32.6 Å². The number of halogens is 1. The SMILES string of the molecule is C/C=C(\c1cccc(OC)c1)[C@H](Cc1ccccc1)CN(C)C.Cl. The van der Waals surface area contributed by atoms with Gasteiger partial charge in [0.1, 0.15) is 5.75 Å². The maximum absolute atomic E-state index is 5.39. The number of rotatable bonds is 7. The average Bonchev–Trinajstić information content (AvgIpc) is 2.56. The summed E-state index contributed by atoms with van der Waals surface area (Å²) in [6, 6.07) is 19.1. The number of ether oxygens (including phenoxy) is 1. The molecule has 0 unspecified atom stereocenters. The van der Waals surface area contributed by atoms with Crippen molar-refractivity contribution in [2.24, 2.45) is 5.92 Å². The second-order valence-electron chi connectivity index (χ2n) is 6.12. The number of methoxy groups -OCH3 is 1. The van der Waals surface area contributed by atoms with Gasteiger partial charge in [0.05, 0.1) is 7.11 Å². The lowest BCUT2D eigenvalue weighted by molar-refractivity contribution is 0.363. The summed E-state index contributed by atoms with van der Waals surface area (Å²) < 4.78 is 5.39. The third-order valence-corrected chi connectivity index (χ3v) is 4.06. The smallest absolute Gasteiger partial charge is 0.119 e. The van der Waals surface area contributed by atoms with E-state index < -0.39 is 0 Å². The predicted octanol–water partition coefficient (Wildman–Crippen LogP) is 4.94. The van der Waals surface area contributed by atoms with Crippen LogP contribution >= 0.6 is 12.4 Å². The van der Waals surface area contributed by atoms with Gasteiger partial charge < -0.3 is 9.64 Å². The largest absolute Gasteiger partial charge is 0.497 e. The summed E-state index contributed by atoms with van der Waals surface area (Å²) >= 11 is 0. The summed E-state index contributed by atoms with van der Waals surface area (Å²) in [5.74, 6) is 1.36. The van der Waals surface area contributed by atoms with E-state index in [0.29, 0.717) is 5.92 Å². The average molecular weight is 346 g/mol. The molecule has 0 aliphatic rings. The molecule has 24 heavy (non-hydrogen) atoms. The van der Waals surface area contributed by atoms with Crippen molar-refractivity contribution in [3.05, 3.63) is 71.8 Å². The minimum Gasteiger partial charge on any atom is -0.497 e. The van der Waals surface area contributed by atoms with Crippen molar-refractivity contribution in [3.8, 4) is 5.75 Å². The van der Waals surface area contributed by atoms with Crippen LogP contribution in [0.4, 0.5) is 0 Å². The minimum absolute atomic E-state index is 0. The maximum atomic E-state index is 5.39. The summed E-state index contributed by atoms with van der Waals surface area (Å²) in [5.41, 5.74) is 4.00. The third kappa shape index (κ3) is 5.70. The summed E-state index contributed by atoms with van der Waals surface area (Å²) in [7, 11) is 5.99. The van der Waals surface area contributed by atoms with Gasteiger partial charge in [-0.1, -0.05) is 48.5 Å². The molecule has 0 aliphatic carbocycles. The molecule has 0 heterocycles. The third-order valence-electron chi connectivity index (χ3n) is 4.06. The van der Waals surface area contributed by atoms with E-state index in [2.05, 4.69) is 80.5 Å². The topological polar surface area (TPSA) is 12.5 Å². The lowest BCUT2D eigenvalue weighted by Crippen LogP contribution is -2.24. The Labute approximate surface area is 152 Å². The van der Waals surface area contributed by atoms with Crippen molar-refractivity contribution < 1.29 is 4.74 Å². The van der Waals surface area contributed by atoms with Crippen LogP contribution < -0.4 is 4.74 Å². The van der Waals surface area contributed by atoms with Gasteiger partial charge in [-0.25, -0.2) is 0 Å². The zero-order chi connectivity index (χ0) is 16.7. The molecule has 0 aliphatic heterocycles. The molecule has 1 atom stereocenters. The molecule has 0 amide bonds. The molecule has 2 aromatic rings. The fourth-order valence-electron chi connectivity index (χ4n) is 3.05. The molecular formula is C21H28ClNO. The second-order valence-corrected chi connectivity index (χ2v) is 6.12. The fourth-order valence-corrected chi connectivity index (χ4v) is 3.05. The zero-order valence-corrected chi connectivity index (χ0v) is 15.8. The lowest BCUT2D eigenvalue weighted by Gasteiger charge is -2.25. The van der Waals surface area contributed by atoms with Crippen molar-refractivity contribution in [3.63, 3.8) is 0 Å². The molecule has 0 saturated carbocycles. The van der Waals surface area contributed by atoms with Crippen LogP contribution in [0.5, 0.6) is 5.75 Å². The van der Waals surface area contributed by atoms with E-state index in [0.717, 1.165) is 18.7 Å². The molecule has 2 nitrogen and oxygen atoms in total. The summed E-state index contributed by atoms with van der Waals surface area (Å²) in [6.07, 6.45) is 3.28. The van der Waals surface area contributed by atoms with E-state index in [1.165, 1.54) is 16.7 Å². The number of allylic oxidation sites excluding steroid dienone is 1. The summed E-state index contributed by atoms with van der Waals surface area (Å²) in [5, 5.41) is 0. The molecule has 0 spiro atoms. The first kappa shape index (κ1) is 20.3. The van der Waals surface area contributed by atoms with E-state index in [9.17, 15) is 0 Å². The molecule has 3 heteroatoms. The van der Waals surface area contributed by atoms with Crippen LogP contribution in [0.1, 0.15) is 18.1 Å². The first-order chi connectivity index (χ1) is 11.1. The quantitative estimate of drug-likeness (QED) is 0.704. The van der Waals surface area contributed by atoms with E-state index >= 15 is 0 Å². The van der Waals surface area contributed by atoms with Crippen LogP contribution in [0.3, 0.4) is 0 Å². The van der Waals surface area contributed by atoms with E-state index in [4.69, 9.17) is 4.74 Å². The first-order valence-corrected chi connectivity index (χ1v) is 8.13. The molecule has 0 N–H and O–H groups in total. The molecule has 0 fully saturated rings. The molecule has 0 radical (unpaired) electrons. The van der Waals surface area contributed by atoms with Gasteiger partial charge in [-0.15, -0.1) is 12.4 Å². The predicted molar refractivity (Wildman–Crippen MR) is 106 cm³/mol. The lowest BCUT2D eigenvalue weighted by atomic mass is 9.86. The normalized spacial score (nSPS) is 12.6. The summed E-state index contributed by atoms with van der Waals surface area (Å²) in [6.45, 7) is 3.15. The molecular weight excluding hydrogens is 318 g/mol. The van der Waals surface area contributed by atoms with Gasteiger partial charge in [-0.2, -0.15) is 0 Å². The van der Waals surface area contributed by atoms with Gasteiger partial charge in [0, 0.05) is 12.5 Å². The Morgan fingerprint density at radius 3 is 2.38 bits per heavy atom. The monoisotopic (exact) mass is 345 g/mol. The fraction of sp³-hybridized carbons (Fsp3) is 0.333. The van der Waals surface area contributed by atoms with E-state index in [1.54, 1.807) is 7.11 Å². The molecule has 0 saturated heterocycles.